The normalized spacial score (nSPS) is 10.8. The van der Waals surface area contributed by atoms with E-state index in [-0.39, 0.29) is 18.1 Å². The quantitative estimate of drug-likeness (QED) is 0.608. The highest BCUT2D eigenvalue weighted by atomic mass is 35.5. The average molecular weight is 387 g/mol. The molecule has 1 aromatic heterocycles. The molecule has 0 fully saturated rings. The molecule has 0 saturated carbocycles. The Kier molecular flexibility index (Phi) is 5.41. The van der Waals surface area contributed by atoms with Crippen molar-refractivity contribution in [3.05, 3.63) is 68.6 Å². The molecule has 0 bridgehead atoms. The number of carbonyl (C=O) groups excluding carboxylic acids is 1. The smallest absolute Gasteiger partial charge is 0.368 e. The SMILES string of the molecule is CCC(=O)c1ccc(OCc2c(Cl)cccc2-n2nnn(C)c2=O)c(C)c1. The van der Waals surface area contributed by atoms with Crippen molar-refractivity contribution in [1.29, 1.82) is 0 Å². The number of ketones is 1. The number of benzene rings is 2. The standard InChI is InChI=1S/C19H19ClN4O3/c1-4-17(25)13-8-9-18(12(2)10-13)27-11-14-15(20)6-5-7-16(14)24-19(26)23(3)21-22-24/h5-10H,4,11H2,1-3H3. The first-order valence-electron chi connectivity index (χ1n) is 8.45. The van der Waals surface area contributed by atoms with Crippen molar-refractivity contribution in [2.75, 3.05) is 0 Å². The summed E-state index contributed by atoms with van der Waals surface area (Å²) in [6, 6.07) is 10.5. The molecule has 0 saturated heterocycles. The lowest BCUT2D eigenvalue weighted by molar-refractivity contribution is 0.0988. The van der Waals surface area contributed by atoms with E-state index in [0.717, 1.165) is 10.2 Å². The zero-order valence-electron chi connectivity index (χ0n) is 15.3. The topological polar surface area (TPSA) is 79.0 Å². The van der Waals surface area contributed by atoms with E-state index in [0.29, 0.717) is 34.0 Å². The third-order valence-corrected chi connectivity index (χ3v) is 4.59. The summed E-state index contributed by atoms with van der Waals surface area (Å²) >= 11 is 6.34. The molecule has 27 heavy (non-hydrogen) atoms. The van der Waals surface area contributed by atoms with Crippen LogP contribution in [0.3, 0.4) is 0 Å². The van der Waals surface area contributed by atoms with Gasteiger partial charge in [0.25, 0.3) is 0 Å². The summed E-state index contributed by atoms with van der Waals surface area (Å²) in [6.45, 7) is 3.85. The van der Waals surface area contributed by atoms with Gasteiger partial charge in [0.2, 0.25) is 0 Å². The number of carbonyl (C=O) groups is 1. The Hall–Kier alpha value is -2.93. The Morgan fingerprint density at radius 2 is 2.00 bits per heavy atom. The first-order valence-corrected chi connectivity index (χ1v) is 8.83. The number of hydrogen-bond acceptors (Lipinski definition) is 5. The van der Waals surface area contributed by atoms with Gasteiger partial charge in [0, 0.05) is 29.6 Å². The van der Waals surface area contributed by atoms with Gasteiger partial charge in [-0.1, -0.05) is 24.6 Å². The number of hydrogen-bond donors (Lipinski definition) is 0. The largest absolute Gasteiger partial charge is 0.488 e. The van der Waals surface area contributed by atoms with Gasteiger partial charge in [0.05, 0.1) is 5.69 Å². The fraction of sp³-hybridized carbons (Fsp3) is 0.263. The van der Waals surface area contributed by atoms with Gasteiger partial charge in [-0.05, 0) is 53.2 Å². The number of aromatic nitrogens is 4. The zero-order valence-corrected chi connectivity index (χ0v) is 16.0. The van der Waals surface area contributed by atoms with Crippen molar-refractivity contribution < 1.29 is 9.53 Å². The first-order chi connectivity index (χ1) is 12.9. The van der Waals surface area contributed by atoms with Gasteiger partial charge in [-0.3, -0.25) is 4.79 Å². The van der Waals surface area contributed by atoms with E-state index in [1.54, 1.807) is 30.3 Å². The lowest BCUT2D eigenvalue weighted by Gasteiger charge is -2.14. The van der Waals surface area contributed by atoms with Crippen LogP contribution in [0.4, 0.5) is 0 Å². The number of halogens is 1. The molecular formula is C19H19ClN4O3. The van der Waals surface area contributed by atoms with Gasteiger partial charge in [-0.15, -0.1) is 0 Å². The Morgan fingerprint density at radius 1 is 1.22 bits per heavy atom. The van der Waals surface area contributed by atoms with Crippen LogP contribution >= 0.6 is 11.6 Å². The van der Waals surface area contributed by atoms with Crippen molar-refractivity contribution in [2.24, 2.45) is 7.05 Å². The molecule has 3 rings (SSSR count). The number of nitrogens with zero attached hydrogens (tertiary/aromatic N) is 4. The molecular weight excluding hydrogens is 368 g/mol. The lowest BCUT2D eigenvalue weighted by Crippen LogP contribution is -2.23. The molecule has 0 aliphatic rings. The lowest BCUT2D eigenvalue weighted by atomic mass is 10.1. The van der Waals surface area contributed by atoms with E-state index in [9.17, 15) is 9.59 Å². The second kappa shape index (κ2) is 7.75. The minimum Gasteiger partial charge on any atom is -0.488 e. The van der Waals surface area contributed by atoms with Crippen LogP contribution in [0.1, 0.15) is 34.8 Å². The molecule has 0 spiro atoms. The Morgan fingerprint density at radius 3 is 2.63 bits per heavy atom. The summed E-state index contributed by atoms with van der Waals surface area (Å²) in [5.41, 5.74) is 2.26. The predicted molar refractivity (Wildman–Crippen MR) is 102 cm³/mol. The van der Waals surface area contributed by atoms with E-state index in [1.165, 1.54) is 11.7 Å². The van der Waals surface area contributed by atoms with E-state index in [1.807, 2.05) is 19.9 Å². The molecule has 0 amide bonds. The number of Topliss-reactive ketones (excluding diaryl/α,β-unsaturated/α-hetero) is 1. The van der Waals surface area contributed by atoms with Crippen LogP contribution in [-0.4, -0.2) is 25.6 Å². The van der Waals surface area contributed by atoms with E-state index < -0.39 is 0 Å². The molecule has 140 valence electrons. The highest BCUT2D eigenvalue weighted by Gasteiger charge is 2.15. The first kappa shape index (κ1) is 18.8. The second-order valence-electron chi connectivity index (χ2n) is 6.08. The molecule has 0 aliphatic heterocycles. The molecule has 0 radical (unpaired) electrons. The Balaban J connectivity index is 1.90. The molecule has 1 heterocycles. The van der Waals surface area contributed by atoms with Gasteiger partial charge in [-0.2, -0.15) is 9.36 Å². The minimum absolute atomic E-state index is 0.0834. The predicted octanol–water partition coefficient (Wildman–Crippen LogP) is 3.10. The van der Waals surface area contributed by atoms with Crippen molar-refractivity contribution >= 4 is 17.4 Å². The van der Waals surface area contributed by atoms with Gasteiger partial charge in [0.15, 0.2) is 5.78 Å². The third-order valence-electron chi connectivity index (χ3n) is 4.23. The van der Waals surface area contributed by atoms with Crippen molar-refractivity contribution in [1.82, 2.24) is 19.8 Å². The summed E-state index contributed by atoms with van der Waals surface area (Å²) in [4.78, 5) is 24.0. The summed E-state index contributed by atoms with van der Waals surface area (Å²) in [5.74, 6) is 0.722. The number of aryl methyl sites for hydroxylation is 2. The molecule has 0 atom stereocenters. The van der Waals surface area contributed by atoms with Gasteiger partial charge < -0.3 is 4.74 Å². The molecule has 0 aliphatic carbocycles. The van der Waals surface area contributed by atoms with Crippen LogP contribution in [0.15, 0.2) is 41.2 Å². The molecule has 2 aromatic carbocycles. The second-order valence-corrected chi connectivity index (χ2v) is 6.49. The maximum atomic E-state index is 12.2. The van der Waals surface area contributed by atoms with E-state index >= 15 is 0 Å². The fourth-order valence-electron chi connectivity index (χ4n) is 2.69. The Bertz CT molecular complexity index is 1060. The highest BCUT2D eigenvalue weighted by Crippen LogP contribution is 2.26. The van der Waals surface area contributed by atoms with Crippen LogP contribution in [0.2, 0.25) is 5.02 Å². The average Bonchev–Trinajstić information content (AvgIpc) is 2.99. The highest BCUT2D eigenvalue weighted by molar-refractivity contribution is 6.31. The molecule has 0 N–H and O–H groups in total. The maximum absolute atomic E-state index is 12.2. The fourth-order valence-corrected chi connectivity index (χ4v) is 2.92. The number of ether oxygens (including phenoxy) is 1. The van der Waals surface area contributed by atoms with Gasteiger partial charge in [-0.25, -0.2) is 4.79 Å². The van der Waals surface area contributed by atoms with E-state index in [4.69, 9.17) is 16.3 Å². The van der Waals surface area contributed by atoms with Crippen molar-refractivity contribution in [2.45, 2.75) is 26.9 Å². The van der Waals surface area contributed by atoms with Crippen LogP contribution < -0.4 is 10.4 Å². The van der Waals surface area contributed by atoms with Gasteiger partial charge >= 0.3 is 5.69 Å². The van der Waals surface area contributed by atoms with Crippen LogP contribution in [-0.2, 0) is 13.7 Å². The number of rotatable bonds is 6. The number of tetrazole rings is 1. The monoisotopic (exact) mass is 386 g/mol. The maximum Gasteiger partial charge on any atom is 0.368 e. The minimum atomic E-state index is -0.378. The van der Waals surface area contributed by atoms with Crippen molar-refractivity contribution in [3.63, 3.8) is 0 Å². The van der Waals surface area contributed by atoms with Crippen LogP contribution in [0.5, 0.6) is 5.75 Å². The Labute approximate surface area is 161 Å². The van der Waals surface area contributed by atoms with Crippen LogP contribution in [0.25, 0.3) is 5.69 Å². The van der Waals surface area contributed by atoms with E-state index in [2.05, 4.69) is 10.4 Å². The van der Waals surface area contributed by atoms with Crippen molar-refractivity contribution in [3.8, 4) is 11.4 Å². The summed E-state index contributed by atoms with van der Waals surface area (Å²) in [5, 5.41) is 8.06. The molecule has 7 nitrogen and oxygen atoms in total. The molecule has 0 unspecified atom stereocenters. The zero-order chi connectivity index (χ0) is 19.6. The molecule has 8 heteroatoms. The summed E-state index contributed by atoms with van der Waals surface area (Å²) < 4.78 is 8.23. The summed E-state index contributed by atoms with van der Waals surface area (Å²) in [6.07, 6.45) is 0.454. The van der Waals surface area contributed by atoms with Gasteiger partial charge in [0.1, 0.15) is 12.4 Å². The third kappa shape index (κ3) is 3.78. The van der Waals surface area contributed by atoms with Crippen LogP contribution in [0, 0.1) is 6.92 Å². The summed E-state index contributed by atoms with van der Waals surface area (Å²) in [7, 11) is 1.52. The molecule has 3 aromatic rings.